The third-order valence-corrected chi connectivity index (χ3v) is 4.55. The maximum Gasteiger partial charge on any atom is 0.0645 e. The molecule has 2 atom stereocenters. The van der Waals surface area contributed by atoms with E-state index in [9.17, 15) is 0 Å². The molecule has 96 valence electrons. The number of aromatic amines is 1. The van der Waals surface area contributed by atoms with Gasteiger partial charge in [-0.1, -0.05) is 42.5 Å². The van der Waals surface area contributed by atoms with Crippen LogP contribution in [0.4, 0.5) is 5.69 Å². The van der Waals surface area contributed by atoms with Crippen LogP contribution in [0.5, 0.6) is 0 Å². The summed E-state index contributed by atoms with van der Waals surface area (Å²) in [5.41, 5.74) is 6.55. The molecule has 2 heteroatoms. The molecule has 3 aromatic rings. The highest BCUT2D eigenvalue weighted by Gasteiger charge is 2.36. The molecule has 5 rings (SSSR count). The Kier molecular flexibility index (Phi) is 1.83. The molecule has 2 aromatic carbocycles. The quantitative estimate of drug-likeness (QED) is 0.612. The van der Waals surface area contributed by atoms with E-state index in [4.69, 9.17) is 0 Å². The Bertz CT molecular complexity index is 857. The zero-order valence-electron chi connectivity index (χ0n) is 10.9. The van der Waals surface area contributed by atoms with Crippen LogP contribution in [0, 0.1) is 0 Å². The van der Waals surface area contributed by atoms with Gasteiger partial charge in [0, 0.05) is 33.8 Å². The molecule has 1 aliphatic carbocycles. The van der Waals surface area contributed by atoms with Crippen molar-refractivity contribution in [2.75, 3.05) is 5.32 Å². The van der Waals surface area contributed by atoms with Gasteiger partial charge in [0.15, 0.2) is 0 Å². The third-order valence-electron chi connectivity index (χ3n) is 4.55. The lowest BCUT2D eigenvalue weighted by Gasteiger charge is -2.22. The summed E-state index contributed by atoms with van der Waals surface area (Å²) >= 11 is 0. The Labute approximate surface area is 117 Å². The van der Waals surface area contributed by atoms with Gasteiger partial charge in [0.1, 0.15) is 0 Å². The van der Waals surface area contributed by atoms with Gasteiger partial charge in [0.25, 0.3) is 0 Å². The zero-order valence-corrected chi connectivity index (χ0v) is 10.9. The van der Waals surface area contributed by atoms with Crippen molar-refractivity contribution in [2.45, 2.75) is 12.0 Å². The molecular weight excluding hydrogens is 244 g/mol. The molecule has 0 radical (unpaired) electrons. The first-order valence-electron chi connectivity index (χ1n) is 7.06. The molecule has 0 bridgehead atoms. The minimum absolute atomic E-state index is 0.351. The number of anilines is 1. The van der Waals surface area contributed by atoms with E-state index in [1.54, 1.807) is 0 Å². The van der Waals surface area contributed by atoms with Gasteiger partial charge in [-0.25, -0.2) is 0 Å². The van der Waals surface area contributed by atoms with E-state index < -0.39 is 0 Å². The summed E-state index contributed by atoms with van der Waals surface area (Å²) in [6, 6.07) is 17.6. The molecule has 1 aliphatic heterocycles. The normalized spacial score (nSPS) is 22.2. The molecule has 0 saturated heterocycles. The second kappa shape index (κ2) is 3.54. The van der Waals surface area contributed by atoms with Crippen molar-refractivity contribution < 1.29 is 0 Å². The van der Waals surface area contributed by atoms with Crippen LogP contribution in [0.3, 0.4) is 0 Å². The Balaban J connectivity index is 1.78. The highest BCUT2D eigenvalue weighted by atomic mass is 15.0. The van der Waals surface area contributed by atoms with Crippen LogP contribution in [0.2, 0.25) is 0 Å². The average Bonchev–Trinajstić information content (AvgIpc) is 3.04. The van der Waals surface area contributed by atoms with Gasteiger partial charge in [-0.05, 0) is 23.8 Å². The van der Waals surface area contributed by atoms with Gasteiger partial charge in [0.05, 0.1) is 6.04 Å². The van der Waals surface area contributed by atoms with E-state index in [1.807, 2.05) is 0 Å². The summed E-state index contributed by atoms with van der Waals surface area (Å²) < 4.78 is 0. The second-order valence-electron chi connectivity index (χ2n) is 5.59. The van der Waals surface area contributed by atoms with Gasteiger partial charge in [-0.3, -0.25) is 0 Å². The molecule has 2 heterocycles. The number of fused-ring (bicyclic) bond motifs is 7. The molecule has 0 saturated carbocycles. The van der Waals surface area contributed by atoms with Crippen molar-refractivity contribution in [1.82, 2.24) is 4.98 Å². The molecule has 2 N–H and O–H groups in total. The summed E-state index contributed by atoms with van der Waals surface area (Å²) in [5, 5.41) is 5.03. The summed E-state index contributed by atoms with van der Waals surface area (Å²) in [4.78, 5) is 3.53. The van der Waals surface area contributed by atoms with E-state index >= 15 is 0 Å². The number of hydrogen-bond acceptors (Lipinski definition) is 1. The summed E-state index contributed by atoms with van der Waals surface area (Å²) in [6.07, 6.45) is 4.56. The molecule has 20 heavy (non-hydrogen) atoms. The zero-order chi connectivity index (χ0) is 13.1. The average molecular weight is 258 g/mol. The van der Waals surface area contributed by atoms with E-state index in [0.29, 0.717) is 12.0 Å². The first-order valence-corrected chi connectivity index (χ1v) is 7.06. The maximum atomic E-state index is 3.70. The molecule has 0 fully saturated rings. The van der Waals surface area contributed by atoms with E-state index in [1.165, 1.54) is 33.4 Å². The molecule has 2 nitrogen and oxygen atoms in total. The van der Waals surface area contributed by atoms with Crippen LogP contribution >= 0.6 is 0 Å². The first kappa shape index (κ1) is 10.3. The van der Waals surface area contributed by atoms with Gasteiger partial charge in [-0.2, -0.15) is 0 Å². The number of para-hydroxylation sites is 2. The van der Waals surface area contributed by atoms with Crippen molar-refractivity contribution in [3.63, 3.8) is 0 Å². The second-order valence-corrected chi connectivity index (χ2v) is 5.59. The predicted octanol–water partition coefficient (Wildman–Crippen LogP) is 4.45. The number of H-pyrrole nitrogens is 1. The number of nitrogens with one attached hydrogen (secondary N) is 2. The monoisotopic (exact) mass is 258 g/mol. The molecular formula is C18H14N2. The van der Waals surface area contributed by atoms with E-state index in [-0.39, 0.29) is 0 Å². The van der Waals surface area contributed by atoms with Crippen LogP contribution in [-0.2, 0) is 0 Å². The topological polar surface area (TPSA) is 27.8 Å². The van der Waals surface area contributed by atoms with Crippen LogP contribution in [0.1, 0.15) is 28.8 Å². The van der Waals surface area contributed by atoms with Crippen molar-refractivity contribution >= 4 is 22.7 Å². The van der Waals surface area contributed by atoms with Crippen LogP contribution in [0.15, 0.2) is 54.6 Å². The minimum Gasteiger partial charge on any atom is -0.377 e. The lowest BCUT2D eigenvalue weighted by atomic mass is 9.85. The Morgan fingerprint density at radius 2 is 1.75 bits per heavy atom. The number of hydrogen-bond donors (Lipinski definition) is 2. The highest BCUT2D eigenvalue weighted by Crippen LogP contribution is 2.50. The fourth-order valence-corrected chi connectivity index (χ4v) is 3.67. The highest BCUT2D eigenvalue weighted by molar-refractivity contribution is 5.90. The van der Waals surface area contributed by atoms with Gasteiger partial charge in [-0.15, -0.1) is 0 Å². The van der Waals surface area contributed by atoms with Gasteiger partial charge >= 0.3 is 0 Å². The molecule has 0 spiro atoms. The lowest BCUT2D eigenvalue weighted by Crippen LogP contribution is -2.13. The van der Waals surface area contributed by atoms with E-state index in [2.05, 4.69) is 71.0 Å². The van der Waals surface area contributed by atoms with Crippen molar-refractivity contribution in [3.8, 4) is 0 Å². The fourth-order valence-electron chi connectivity index (χ4n) is 3.67. The summed E-state index contributed by atoms with van der Waals surface area (Å²) in [7, 11) is 0. The minimum atomic E-state index is 0.351. The van der Waals surface area contributed by atoms with Crippen LogP contribution < -0.4 is 5.32 Å². The van der Waals surface area contributed by atoms with Gasteiger partial charge < -0.3 is 10.3 Å². The predicted molar refractivity (Wildman–Crippen MR) is 82.9 cm³/mol. The van der Waals surface area contributed by atoms with Gasteiger partial charge in [0.2, 0.25) is 0 Å². The standard InChI is InChI=1S/C18H14N2/c1-3-7-14-11(5-1)12-9-10-16-17(18(12)20-14)13-6-2-4-8-15(13)19-16/h1-10,12,18-20H. The SMILES string of the molecule is C1=CC2c3ccccc3NC2c2c1[nH]c1ccccc21. The smallest absolute Gasteiger partial charge is 0.0645 e. The van der Waals surface area contributed by atoms with Crippen LogP contribution in [-0.4, -0.2) is 4.98 Å². The number of benzene rings is 2. The summed E-state index contributed by atoms with van der Waals surface area (Å²) in [6.45, 7) is 0. The molecule has 2 unspecified atom stereocenters. The lowest BCUT2D eigenvalue weighted by molar-refractivity contribution is 0.731. The van der Waals surface area contributed by atoms with Crippen molar-refractivity contribution in [3.05, 3.63) is 71.4 Å². The molecule has 0 amide bonds. The Morgan fingerprint density at radius 3 is 2.75 bits per heavy atom. The molecule has 2 aliphatic rings. The summed E-state index contributed by atoms with van der Waals surface area (Å²) in [5.74, 6) is 0.443. The van der Waals surface area contributed by atoms with Crippen molar-refractivity contribution in [1.29, 1.82) is 0 Å². The van der Waals surface area contributed by atoms with Crippen molar-refractivity contribution in [2.24, 2.45) is 0 Å². The largest absolute Gasteiger partial charge is 0.377 e. The number of rotatable bonds is 0. The Hall–Kier alpha value is -2.48. The first-order chi connectivity index (χ1) is 9.92. The number of aromatic nitrogens is 1. The maximum absolute atomic E-state index is 3.70. The Morgan fingerprint density at radius 1 is 0.900 bits per heavy atom. The molecule has 1 aromatic heterocycles. The third kappa shape index (κ3) is 1.19. The fraction of sp³-hybridized carbons (Fsp3) is 0.111. The van der Waals surface area contributed by atoms with Crippen LogP contribution in [0.25, 0.3) is 17.0 Å². The van der Waals surface area contributed by atoms with E-state index in [0.717, 1.165) is 0 Å².